The van der Waals surface area contributed by atoms with Gasteiger partial charge in [-0.2, -0.15) is 26.3 Å². The molecule has 1 saturated heterocycles. The van der Waals surface area contributed by atoms with Crippen molar-refractivity contribution >= 4 is 42.8 Å². The first-order valence-corrected chi connectivity index (χ1v) is 19.4. The van der Waals surface area contributed by atoms with Crippen LogP contribution in [0.25, 0.3) is 21.8 Å². The smallest absolute Gasteiger partial charge is 0.351 e. The van der Waals surface area contributed by atoms with Crippen LogP contribution in [0.3, 0.4) is 0 Å². The van der Waals surface area contributed by atoms with Gasteiger partial charge < -0.3 is 5.32 Å². The summed E-state index contributed by atoms with van der Waals surface area (Å²) < 4.78 is 165. The van der Waals surface area contributed by atoms with Crippen molar-refractivity contribution in [2.75, 3.05) is 21.5 Å². The van der Waals surface area contributed by atoms with E-state index in [1.54, 1.807) is 4.72 Å². The molecule has 2 aromatic heterocycles. The quantitative estimate of drug-likeness (QED) is 0.178. The number of hydrogen-bond acceptors (Lipinski definition) is 9. The van der Waals surface area contributed by atoms with Gasteiger partial charge in [0.15, 0.2) is 5.82 Å². The van der Waals surface area contributed by atoms with E-state index in [9.17, 15) is 47.6 Å². The maximum absolute atomic E-state index is 16.3. The van der Waals surface area contributed by atoms with E-state index in [0.717, 1.165) is 17.4 Å². The van der Waals surface area contributed by atoms with E-state index in [1.165, 1.54) is 24.4 Å². The van der Waals surface area contributed by atoms with E-state index in [-0.39, 0.29) is 69.6 Å². The Morgan fingerprint density at radius 3 is 2.22 bits per heavy atom. The lowest BCUT2D eigenvalue weighted by molar-refractivity contribution is -0.337. The number of nitrogens with one attached hydrogen (secondary N) is 2. The first-order valence-electron chi connectivity index (χ1n) is 15.3. The minimum atomic E-state index is -5.37. The zero-order valence-electron chi connectivity index (χ0n) is 25.9. The van der Waals surface area contributed by atoms with Gasteiger partial charge in [0.1, 0.15) is 25.6 Å². The first kappa shape index (κ1) is 35.5. The number of sulfonamides is 1. The number of benzene rings is 2. The summed E-state index contributed by atoms with van der Waals surface area (Å²) in [6.45, 7) is 0. The van der Waals surface area contributed by atoms with Gasteiger partial charge in [-0.05, 0) is 62.4 Å². The summed E-state index contributed by atoms with van der Waals surface area (Å²) in [7, 11) is -8.54. The third kappa shape index (κ3) is 6.21. The number of thiazole rings is 1. The Labute approximate surface area is 289 Å². The zero-order valence-corrected chi connectivity index (χ0v) is 28.3. The van der Waals surface area contributed by atoms with Gasteiger partial charge in [-0.1, -0.05) is 12.1 Å². The minimum Gasteiger partial charge on any atom is -0.351 e. The maximum atomic E-state index is 16.3. The highest BCUT2D eigenvalue weighted by Gasteiger charge is 2.79. The summed E-state index contributed by atoms with van der Waals surface area (Å²) in [6.07, 6.45) is -8.45. The fourth-order valence-electron chi connectivity index (χ4n) is 6.98. The molecular weight excluding hydrogens is 755 g/mol. The topological polar surface area (TPSA) is 131 Å². The molecular formula is C31H25F8N5O4S3. The van der Waals surface area contributed by atoms with Crippen molar-refractivity contribution in [3.05, 3.63) is 70.9 Å². The fraction of sp³-hybridized carbons (Fsp3) is 0.387. The number of nitrogens with zero attached hydrogens (tertiary/aromatic N) is 3. The largest absolute Gasteiger partial charge is 0.417 e. The summed E-state index contributed by atoms with van der Waals surface area (Å²) in [5, 5.41) is 3.33. The summed E-state index contributed by atoms with van der Waals surface area (Å²) in [5.74, 6) is -3.02. The Kier molecular flexibility index (Phi) is 8.22. The number of sulfone groups is 1. The second-order valence-corrected chi connectivity index (χ2v) is 17.9. The molecule has 51 heavy (non-hydrogen) atoms. The monoisotopic (exact) mass is 779 g/mol. The van der Waals surface area contributed by atoms with Crippen molar-refractivity contribution in [3.8, 4) is 21.8 Å². The predicted octanol–water partition coefficient (Wildman–Crippen LogP) is 7.34. The highest BCUT2D eigenvalue weighted by molar-refractivity contribution is 7.92. The van der Waals surface area contributed by atoms with Crippen molar-refractivity contribution in [1.82, 2.24) is 15.0 Å². The standard InChI is InChI=1S/C31H25F8N5O4S3/c32-19-5-2-4-18(30(34,35)36)25(19)51(47,48)44-20-6-1-3-17(22(20)33)23-24(49-26(43-23)28-13-29(14-28,15-28)31(37,38)39)21-7-10-40-27(42-21)41-16-8-11-50(45,46)12-9-16/h1-7,10,16,44H,8-9,11-15H2,(H,40,41,42). The molecule has 2 N–H and O–H groups in total. The normalized spacial score (nSPS) is 23.3. The van der Waals surface area contributed by atoms with Gasteiger partial charge in [-0.3, -0.25) is 4.72 Å². The van der Waals surface area contributed by atoms with Crippen molar-refractivity contribution in [2.24, 2.45) is 5.41 Å². The molecule has 2 aromatic carbocycles. The van der Waals surface area contributed by atoms with Crippen LogP contribution in [0.5, 0.6) is 0 Å². The van der Waals surface area contributed by atoms with E-state index in [2.05, 4.69) is 20.3 Å². The summed E-state index contributed by atoms with van der Waals surface area (Å²) >= 11 is 0.967. The lowest BCUT2D eigenvalue weighted by Gasteiger charge is -2.69. The van der Waals surface area contributed by atoms with Gasteiger partial charge in [0.2, 0.25) is 5.95 Å². The Morgan fingerprint density at radius 2 is 1.57 bits per heavy atom. The van der Waals surface area contributed by atoms with Crippen molar-refractivity contribution in [1.29, 1.82) is 0 Å². The van der Waals surface area contributed by atoms with Crippen LogP contribution < -0.4 is 10.0 Å². The van der Waals surface area contributed by atoms with E-state index >= 15 is 4.39 Å². The fourth-order valence-corrected chi connectivity index (χ4v) is 11.1. The molecule has 4 fully saturated rings. The number of hydrogen-bond donors (Lipinski definition) is 2. The van der Waals surface area contributed by atoms with Crippen molar-refractivity contribution in [3.63, 3.8) is 0 Å². The van der Waals surface area contributed by atoms with E-state index in [1.807, 2.05) is 0 Å². The Bertz CT molecular complexity index is 2240. The summed E-state index contributed by atoms with van der Waals surface area (Å²) in [6, 6.07) is 5.98. The molecule has 0 unspecified atom stereocenters. The molecule has 0 spiro atoms. The van der Waals surface area contributed by atoms with Gasteiger partial charge in [0.05, 0.1) is 44.4 Å². The third-order valence-electron chi connectivity index (χ3n) is 9.53. The van der Waals surface area contributed by atoms with Crippen molar-refractivity contribution < 1.29 is 52.0 Å². The molecule has 3 saturated carbocycles. The Hall–Kier alpha value is -3.91. The van der Waals surface area contributed by atoms with Gasteiger partial charge >= 0.3 is 12.4 Å². The van der Waals surface area contributed by atoms with Crippen LogP contribution in [-0.2, 0) is 31.5 Å². The van der Waals surface area contributed by atoms with Gasteiger partial charge in [-0.25, -0.2) is 40.6 Å². The molecule has 2 bridgehead atoms. The molecule has 4 aromatic rings. The average molecular weight is 780 g/mol. The summed E-state index contributed by atoms with van der Waals surface area (Å²) in [5.41, 5.74) is -5.76. The molecule has 0 amide bonds. The second-order valence-electron chi connectivity index (χ2n) is 13.0. The van der Waals surface area contributed by atoms with E-state index in [0.29, 0.717) is 31.0 Å². The molecule has 3 aliphatic carbocycles. The van der Waals surface area contributed by atoms with Crippen LogP contribution in [0.15, 0.2) is 53.6 Å². The number of anilines is 2. The molecule has 3 heterocycles. The van der Waals surface area contributed by atoms with Gasteiger partial charge in [0.25, 0.3) is 10.0 Å². The van der Waals surface area contributed by atoms with Crippen LogP contribution in [0.2, 0.25) is 0 Å². The lowest BCUT2D eigenvalue weighted by Crippen LogP contribution is -2.70. The van der Waals surface area contributed by atoms with Crippen LogP contribution in [0.1, 0.15) is 42.7 Å². The number of aromatic nitrogens is 3. The number of alkyl halides is 6. The maximum Gasteiger partial charge on any atom is 0.417 e. The number of rotatable bonds is 8. The first-order chi connectivity index (χ1) is 23.7. The summed E-state index contributed by atoms with van der Waals surface area (Å²) in [4.78, 5) is 11.7. The minimum absolute atomic E-state index is 0.0397. The highest BCUT2D eigenvalue weighted by Crippen LogP contribution is 2.79. The Morgan fingerprint density at radius 1 is 0.902 bits per heavy atom. The van der Waals surface area contributed by atoms with Gasteiger partial charge in [-0.15, -0.1) is 11.3 Å². The third-order valence-corrected chi connectivity index (χ3v) is 14.0. The lowest BCUT2D eigenvalue weighted by atomic mass is 9.35. The van der Waals surface area contributed by atoms with Crippen molar-refractivity contribution in [2.45, 2.75) is 60.8 Å². The predicted molar refractivity (Wildman–Crippen MR) is 170 cm³/mol. The Balaban J connectivity index is 1.27. The molecule has 1 aliphatic heterocycles. The van der Waals surface area contributed by atoms with E-state index in [4.69, 9.17) is 0 Å². The SMILES string of the molecule is O=S1(=O)CCC(Nc2nccc(-c3sc(C45CC(C(F)(F)F)(C4)C5)nc3-c3cccc(NS(=O)(=O)c4c(F)cccc4C(F)(F)F)c3F)n2)CC1. The molecule has 0 atom stereocenters. The van der Waals surface area contributed by atoms with Gasteiger partial charge in [0, 0.05) is 23.2 Å². The molecule has 9 nitrogen and oxygen atoms in total. The second kappa shape index (κ2) is 11.8. The van der Waals surface area contributed by atoms with E-state index < -0.39 is 70.8 Å². The zero-order chi connectivity index (χ0) is 36.8. The molecule has 0 radical (unpaired) electrons. The average Bonchev–Trinajstić information content (AvgIpc) is 3.41. The molecule has 272 valence electrons. The number of halogens is 8. The molecule has 4 aliphatic rings. The van der Waals surface area contributed by atoms with Crippen LogP contribution in [-0.4, -0.2) is 55.5 Å². The molecule has 8 rings (SSSR count). The van der Waals surface area contributed by atoms with Crippen LogP contribution in [0, 0.1) is 17.0 Å². The molecule has 20 heteroatoms. The van der Waals surface area contributed by atoms with Crippen LogP contribution >= 0.6 is 11.3 Å². The highest BCUT2D eigenvalue weighted by atomic mass is 32.2. The van der Waals surface area contributed by atoms with Crippen LogP contribution in [0.4, 0.5) is 46.8 Å².